The van der Waals surface area contributed by atoms with Crippen LogP contribution in [-0.2, 0) is 26.0 Å². The molecule has 0 aliphatic carbocycles. The number of hydrogen-bond acceptors (Lipinski definition) is 5. The summed E-state index contributed by atoms with van der Waals surface area (Å²) in [5.74, 6) is 0. The molecule has 1 aliphatic rings. The maximum absolute atomic E-state index is 12.3. The first-order valence-electron chi connectivity index (χ1n) is 6.53. The summed E-state index contributed by atoms with van der Waals surface area (Å²) in [5.41, 5.74) is 5.53. The van der Waals surface area contributed by atoms with Crippen molar-refractivity contribution < 1.29 is 17.9 Å². The minimum absolute atomic E-state index is 0.137. The molecule has 1 atom stereocenters. The molecule has 6 nitrogen and oxygen atoms in total. The van der Waals surface area contributed by atoms with E-state index in [0.29, 0.717) is 30.2 Å². The largest absolute Gasteiger partial charge is 0.378 e. The minimum atomic E-state index is -3.65. The van der Waals surface area contributed by atoms with Gasteiger partial charge in [-0.05, 0) is 23.8 Å². The molecule has 1 aliphatic heterocycles. The molecule has 21 heavy (non-hydrogen) atoms. The summed E-state index contributed by atoms with van der Waals surface area (Å²) in [7, 11) is -2.09. The summed E-state index contributed by atoms with van der Waals surface area (Å²) in [6.45, 7) is 1.28. The fourth-order valence-corrected chi connectivity index (χ4v) is 3.50. The van der Waals surface area contributed by atoms with Crippen molar-refractivity contribution in [1.82, 2.24) is 4.72 Å². The van der Waals surface area contributed by atoms with Gasteiger partial charge in [-0.25, -0.2) is 13.1 Å². The maximum Gasteiger partial charge on any atom is 0.240 e. The molecule has 8 heteroatoms. The van der Waals surface area contributed by atoms with E-state index in [4.69, 9.17) is 26.8 Å². The molecular formula is C13H19ClN2O4S. The summed E-state index contributed by atoms with van der Waals surface area (Å²) in [4.78, 5) is 0.137. The topological polar surface area (TPSA) is 90.7 Å². The molecule has 1 aromatic carbocycles. The first kappa shape index (κ1) is 16.7. The van der Waals surface area contributed by atoms with Gasteiger partial charge in [0.05, 0.1) is 11.5 Å². The highest BCUT2D eigenvalue weighted by Crippen LogP contribution is 2.23. The van der Waals surface area contributed by atoms with Crippen LogP contribution >= 0.6 is 11.6 Å². The number of rotatable bonds is 6. The Bertz CT molecular complexity index is 600. The van der Waals surface area contributed by atoms with Crippen molar-refractivity contribution in [3.63, 3.8) is 0 Å². The van der Waals surface area contributed by atoms with Gasteiger partial charge in [-0.2, -0.15) is 0 Å². The van der Waals surface area contributed by atoms with Crippen LogP contribution in [0.2, 0.25) is 5.02 Å². The summed E-state index contributed by atoms with van der Waals surface area (Å²) in [6.07, 6.45) is 0.653. The molecule has 1 saturated heterocycles. The van der Waals surface area contributed by atoms with Gasteiger partial charge in [0, 0.05) is 38.2 Å². The summed E-state index contributed by atoms with van der Waals surface area (Å²) in [5, 5.41) is 0.453. The van der Waals surface area contributed by atoms with Crippen molar-refractivity contribution in [3.05, 3.63) is 28.8 Å². The Morgan fingerprint density at radius 1 is 1.52 bits per heavy atom. The standard InChI is InChI=1S/C13H19ClN2O4S/c1-19-13(4-5-20-9-13)8-16-21(17,18)11-2-3-12(14)10(6-11)7-15/h2-3,6,16H,4-5,7-9,15H2,1H3. The molecule has 0 bridgehead atoms. The Hall–Kier alpha value is -0.700. The lowest BCUT2D eigenvalue weighted by Gasteiger charge is -2.25. The zero-order valence-corrected chi connectivity index (χ0v) is 13.3. The van der Waals surface area contributed by atoms with E-state index in [0.717, 1.165) is 0 Å². The quantitative estimate of drug-likeness (QED) is 0.806. The lowest BCUT2D eigenvalue weighted by atomic mass is 10.0. The number of sulfonamides is 1. The highest BCUT2D eigenvalue weighted by atomic mass is 35.5. The van der Waals surface area contributed by atoms with E-state index in [2.05, 4.69) is 4.72 Å². The van der Waals surface area contributed by atoms with Crippen LogP contribution in [0.15, 0.2) is 23.1 Å². The second-order valence-corrected chi connectivity index (χ2v) is 7.15. The van der Waals surface area contributed by atoms with Gasteiger partial charge in [-0.3, -0.25) is 0 Å². The van der Waals surface area contributed by atoms with E-state index in [1.54, 1.807) is 7.11 Å². The van der Waals surface area contributed by atoms with E-state index >= 15 is 0 Å². The number of methoxy groups -OCH3 is 1. The highest BCUT2D eigenvalue weighted by Gasteiger charge is 2.36. The van der Waals surface area contributed by atoms with E-state index in [1.165, 1.54) is 18.2 Å². The fraction of sp³-hybridized carbons (Fsp3) is 0.538. The van der Waals surface area contributed by atoms with Crippen LogP contribution in [0.3, 0.4) is 0 Å². The first-order chi connectivity index (χ1) is 9.92. The molecule has 0 radical (unpaired) electrons. The van der Waals surface area contributed by atoms with Crippen LogP contribution in [0.1, 0.15) is 12.0 Å². The van der Waals surface area contributed by atoms with Crippen LogP contribution in [0.25, 0.3) is 0 Å². The van der Waals surface area contributed by atoms with Crippen LogP contribution in [0.5, 0.6) is 0 Å². The van der Waals surface area contributed by atoms with Gasteiger partial charge in [-0.15, -0.1) is 0 Å². The summed E-state index contributed by atoms with van der Waals surface area (Å²) < 4.78 is 37.9. The lowest BCUT2D eigenvalue weighted by molar-refractivity contribution is -0.0120. The average Bonchev–Trinajstić information content (AvgIpc) is 2.95. The minimum Gasteiger partial charge on any atom is -0.378 e. The summed E-state index contributed by atoms with van der Waals surface area (Å²) >= 11 is 5.94. The van der Waals surface area contributed by atoms with Gasteiger partial charge >= 0.3 is 0 Å². The van der Waals surface area contributed by atoms with Crippen molar-refractivity contribution in [2.75, 3.05) is 26.9 Å². The smallest absolute Gasteiger partial charge is 0.240 e. The second kappa shape index (κ2) is 6.60. The SMILES string of the molecule is COC1(CNS(=O)(=O)c2ccc(Cl)c(CN)c2)CCOC1. The van der Waals surface area contributed by atoms with Gasteiger partial charge in [0.15, 0.2) is 0 Å². The normalized spacial score (nSPS) is 22.6. The molecule has 3 N–H and O–H groups in total. The Labute approximate surface area is 129 Å². The fourth-order valence-electron chi connectivity index (χ4n) is 2.15. The average molecular weight is 335 g/mol. The van der Waals surface area contributed by atoms with Gasteiger partial charge < -0.3 is 15.2 Å². The monoisotopic (exact) mass is 334 g/mol. The number of hydrogen-bond donors (Lipinski definition) is 2. The van der Waals surface area contributed by atoms with E-state index in [-0.39, 0.29) is 18.0 Å². The maximum atomic E-state index is 12.3. The Morgan fingerprint density at radius 3 is 2.86 bits per heavy atom. The van der Waals surface area contributed by atoms with Crippen molar-refractivity contribution in [2.24, 2.45) is 5.73 Å². The highest BCUT2D eigenvalue weighted by molar-refractivity contribution is 7.89. The van der Waals surface area contributed by atoms with Crippen LogP contribution in [-0.4, -0.2) is 40.9 Å². The number of nitrogens with two attached hydrogens (primary N) is 1. The predicted molar refractivity (Wildman–Crippen MR) is 79.7 cm³/mol. The number of halogens is 1. The third kappa shape index (κ3) is 3.74. The van der Waals surface area contributed by atoms with Crippen molar-refractivity contribution >= 4 is 21.6 Å². The zero-order valence-electron chi connectivity index (χ0n) is 11.8. The molecule has 1 unspecified atom stereocenters. The molecule has 118 valence electrons. The van der Waals surface area contributed by atoms with Crippen LogP contribution in [0, 0.1) is 0 Å². The molecule has 1 heterocycles. The molecule has 0 aromatic heterocycles. The van der Waals surface area contributed by atoms with Gasteiger partial charge in [-0.1, -0.05) is 11.6 Å². The molecular weight excluding hydrogens is 316 g/mol. The Kier molecular flexibility index (Phi) is 5.24. The van der Waals surface area contributed by atoms with Gasteiger partial charge in [0.25, 0.3) is 0 Å². The first-order valence-corrected chi connectivity index (χ1v) is 8.40. The van der Waals surface area contributed by atoms with E-state index in [9.17, 15) is 8.42 Å². The molecule has 0 spiro atoms. The van der Waals surface area contributed by atoms with Gasteiger partial charge in [0.2, 0.25) is 10.0 Å². The summed E-state index contributed by atoms with van der Waals surface area (Å²) in [6, 6.07) is 4.47. The molecule has 0 amide bonds. The molecule has 1 aromatic rings. The Morgan fingerprint density at radius 2 is 2.29 bits per heavy atom. The van der Waals surface area contributed by atoms with Crippen molar-refractivity contribution in [2.45, 2.75) is 23.5 Å². The van der Waals surface area contributed by atoms with Crippen molar-refractivity contribution in [1.29, 1.82) is 0 Å². The predicted octanol–water partition coefficient (Wildman–Crippen LogP) is 0.882. The van der Waals surface area contributed by atoms with E-state index in [1.807, 2.05) is 0 Å². The number of ether oxygens (including phenoxy) is 2. The molecule has 2 rings (SSSR count). The Balaban J connectivity index is 2.15. The lowest BCUT2D eigenvalue weighted by Crippen LogP contribution is -2.44. The zero-order chi connectivity index (χ0) is 15.5. The van der Waals surface area contributed by atoms with Gasteiger partial charge in [0.1, 0.15) is 5.60 Å². The van der Waals surface area contributed by atoms with E-state index < -0.39 is 15.6 Å². The molecule has 1 fully saturated rings. The van der Waals surface area contributed by atoms with Crippen molar-refractivity contribution in [3.8, 4) is 0 Å². The number of benzene rings is 1. The molecule has 0 saturated carbocycles. The number of nitrogens with one attached hydrogen (secondary N) is 1. The van der Waals surface area contributed by atoms with Crippen LogP contribution in [0.4, 0.5) is 0 Å². The third-order valence-electron chi connectivity index (χ3n) is 3.63. The second-order valence-electron chi connectivity index (χ2n) is 4.97. The van der Waals surface area contributed by atoms with Crippen LogP contribution < -0.4 is 10.5 Å². The third-order valence-corrected chi connectivity index (χ3v) is 5.40.